The van der Waals surface area contributed by atoms with Crippen molar-refractivity contribution in [3.8, 4) is 0 Å². The van der Waals surface area contributed by atoms with Gasteiger partial charge in [0.2, 0.25) is 10.0 Å². The maximum Gasteiger partial charge on any atom is 0.234 e. The molecule has 0 saturated heterocycles. The minimum Gasteiger partial charge on any atom is -0.395 e. The summed E-state index contributed by atoms with van der Waals surface area (Å²) >= 11 is 0. The Balaban J connectivity index is 2.90. The fourth-order valence-electron chi connectivity index (χ4n) is 0.964. The van der Waals surface area contributed by atoms with Gasteiger partial charge in [0.05, 0.1) is 18.0 Å². The summed E-state index contributed by atoms with van der Waals surface area (Å²) < 4.78 is 49.5. The van der Waals surface area contributed by atoms with Gasteiger partial charge in [-0.15, -0.1) is 0 Å². The lowest BCUT2D eigenvalue weighted by atomic mass is 10.3. The molecule has 0 fully saturated rings. The molecule has 0 bridgehead atoms. The highest BCUT2D eigenvalue weighted by molar-refractivity contribution is 7.92. The Hall–Kier alpha value is -1.21. The van der Waals surface area contributed by atoms with Crippen molar-refractivity contribution in [1.82, 2.24) is 0 Å². The Bertz CT molecular complexity index is 427. The Kier molecular flexibility index (Phi) is 3.59. The normalized spacial score (nSPS) is 11.4. The van der Waals surface area contributed by atoms with Gasteiger partial charge in [-0.2, -0.15) is 0 Å². The van der Waals surface area contributed by atoms with Gasteiger partial charge < -0.3 is 5.11 Å². The molecule has 7 heteroatoms. The largest absolute Gasteiger partial charge is 0.395 e. The molecule has 0 radical (unpaired) electrons. The molecule has 1 aromatic rings. The first-order chi connectivity index (χ1) is 6.93. The summed E-state index contributed by atoms with van der Waals surface area (Å²) in [4.78, 5) is 0. The molecule has 1 aromatic carbocycles. The van der Waals surface area contributed by atoms with Crippen LogP contribution in [-0.2, 0) is 10.0 Å². The van der Waals surface area contributed by atoms with Gasteiger partial charge in [0, 0.05) is 6.07 Å². The number of nitrogens with one attached hydrogen (secondary N) is 1. The predicted molar refractivity (Wildman–Crippen MR) is 50.9 cm³/mol. The highest BCUT2D eigenvalue weighted by atomic mass is 32.2. The molecule has 15 heavy (non-hydrogen) atoms. The maximum atomic E-state index is 12.7. The third-order valence-corrected chi connectivity index (χ3v) is 2.76. The van der Waals surface area contributed by atoms with E-state index in [1.807, 2.05) is 4.72 Å². The van der Waals surface area contributed by atoms with E-state index < -0.39 is 34.0 Å². The van der Waals surface area contributed by atoms with E-state index >= 15 is 0 Å². The first kappa shape index (κ1) is 11.9. The molecule has 0 spiro atoms. The van der Waals surface area contributed by atoms with E-state index in [0.717, 1.165) is 12.1 Å². The summed E-state index contributed by atoms with van der Waals surface area (Å²) in [5, 5.41) is 8.42. The topological polar surface area (TPSA) is 66.4 Å². The quantitative estimate of drug-likeness (QED) is 0.810. The first-order valence-corrected chi connectivity index (χ1v) is 5.65. The van der Waals surface area contributed by atoms with Crippen LogP contribution in [0.3, 0.4) is 0 Å². The highest BCUT2D eigenvalue weighted by Crippen LogP contribution is 2.14. The lowest BCUT2D eigenvalue weighted by Gasteiger charge is -2.06. The number of hydrogen-bond acceptors (Lipinski definition) is 3. The van der Waals surface area contributed by atoms with Crippen molar-refractivity contribution in [2.24, 2.45) is 0 Å². The molecule has 0 aliphatic rings. The standard InChI is InChI=1S/C8H9F2NO3S/c9-6-3-7(10)5-8(4-6)11-15(13,14)2-1-12/h3-5,11-12H,1-2H2. The summed E-state index contributed by atoms with van der Waals surface area (Å²) in [7, 11) is -3.75. The minimum atomic E-state index is -3.75. The monoisotopic (exact) mass is 237 g/mol. The lowest BCUT2D eigenvalue weighted by molar-refractivity contribution is 0.320. The molecule has 0 amide bonds. The fourth-order valence-corrected chi connectivity index (χ4v) is 1.78. The van der Waals surface area contributed by atoms with E-state index in [1.165, 1.54) is 0 Å². The van der Waals surface area contributed by atoms with E-state index in [0.29, 0.717) is 6.07 Å². The molecule has 4 nitrogen and oxygen atoms in total. The van der Waals surface area contributed by atoms with Crippen LogP contribution in [-0.4, -0.2) is 25.9 Å². The van der Waals surface area contributed by atoms with Gasteiger partial charge in [0.25, 0.3) is 0 Å². The van der Waals surface area contributed by atoms with Crippen LogP contribution < -0.4 is 4.72 Å². The van der Waals surface area contributed by atoms with Crippen LogP contribution in [0, 0.1) is 11.6 Å². The summed E-state index contributed by atoms with van der Waals surface area (Å²) in [6, 6.07) is 2.32. The zero-order valence-corrected chi connectivity index (χ0v) is 8.39. The predicted octanol–water partition coefficient (Wildman–Crippen LogP) is 0.699. The van der Waals surface area contributed by atoms with Gasteiger partial charge in [0.1, 0.15) is 11.6 Å². The average molecular weight is 237 g/mol. The van der Waals surface area contributed by atoms with Crippen molar-refractivity contribution in [3.63, 3.8) is 0 Å². The van der Waals surface area contributed by atoms with Crippen molar-refractivity contribution in [3.05, 3.63) is 29.8 Å². The number of benzene rings is 1. The van der Waals surface area contributed by atoms with Crippen molar-refractivity contribution in [1.29, 1.82) is 0 Å². The smallest absolute Gasteiger partial charge is 0.234 e. The van der Waals surface area contributed by atoms with Crippen molar-refractivity contribution in [2.45, 2.75) is 0 Å². The minimum absolute atomic E-state index is 0.207. The molecule has 0 unspecified atom stereocenters. The van der Waals surface area contributed by atoms with Gasteiger partial charge in [0.15, 0.2) is 0 Å². The van der Waals surface area contributed by atoms with Crippen LogP contribution in [0.5, 0.6) is 0 Å². The molecule has 2 N–H and O–H groups in total. The van der Waals surface area contributed by atoms with Crippen LogP contribution in [0.15, 0.2) is 18.2 Å². The summed E-state index contributed by atoms with van der Waals surface area (Å²) in [5.74, 6) is -2.28. The van der Waals surface area contributed by atoms with E-state index in [1.54, 1.807) is 0 Å². The molecule has 0 heterocycles. The van der Waals surface area contributed by atoms with Crippen LogP contribution in [0.2, 0.25) is 0 Å². The number of halogens is 2. The average Bonchev–Trinajstić information content (AvgIpc) is 1.99. The second-order valence-electron chi connectivity index (χ2n) is 2.80. The molecule has 0 aliphatic carbocycles. The van der Waals surface area contributed by atoms with E-state index in [4.69, 9.17) is 5.11 Å². The van der Waals surface area contributed by atoms with Gasteiger partial charge in [-0.1, -0.05) is 0 Å². The van der Waals surface area contributed by atoms with E-state index in [9.17, 15) is 17.2 Å². The zero-order valence-electron chi connectivity index (χ0n) is 7.57. The first-order valence-electron chi connectivity index (χ1n) is 4.00. The highest BCUT2D eigenvalue weighted by Gasteiger charge is 2.10. The number of anilines is 1. The molecule has 0 saturated carbocycles. The number of aliphatic hydroxyl groups excluding tert-OH is 1. The number of sulfonamides is 1. The Morgan fingerprint density at radius 1 is 1.20 bits per heavy atom. The molecule has 0 aromatic heterocycles. The zero-order chi connectivity index (χ0) is 11.5. The lowest BCUT2D eigenvalue weighted by Crippen LogP contribution is -2.19. The Labute approximate surface area is 85.6 Å². The number of hydrogen-bond donors (Lipinski definition) is 2. The molecular formula is C8H9F2NO3S. The van der Waals surface area contributed by atoms with Crippen LogP contribution in [0.1, 0.15) is 0 Å². The molecule has 0 aliphatic heterocycles. The molecule has 84 valence electrons. The summed E-state index contributed by atoms with van der Waals surface area (Å²) in [5.41, 5.74) is -0.207. The Morgan fingerprint density at radius 3 is 2.20 bits per heavy atom. The second-order valence-corrected chi connectivity index (χ2v) is 4.64. The van der Waals surface area contributed by atoms with Gasteiger partial charge in [-0.05, 0) is 12.1 Å². The van der Waals surface area contributed by atoms with E-state index in [2.05, 4.69) is 0 Å². The molecular weight excluding hydrogens is 228 g/mol. The van der Waals surface area contributed by atoms with Crippen LogP contribution in [0.4, 0.5) is 14.5 Å². The fraction of sp³-hybridized carbons (Fsp3) is 0.250. The Morgan fingerprint density at radius 2 is 1.73 bits per heavy atom. The SMILES string of the molecule is O=S(=O)(CCO)Nc1cc(F)cc(F)c1. The third-order valence-electron chi connectivity index (χ3n) is 1.50. The molecule has 1 rings (SSSR count). The number of aliphatic hydroxyl groups is 1. The third kappa shape index (κ3) is 3.80. The van der Waals surface area contributed by atoms with Gasteiger partial charge >= 0.3 is 0 Å². The second kappa shape index (κ2) is 4.54. The van der Waals surface area contributed by atoms with Gasteiger partial charge in [-0.25, -0.2) is 17.2 Å². The summed E-state index contributed by atoms with van der Waals surface area (Å²) in [6.07, 6.45) is 0. The van der Waals surface area contributed by atoms with Crippen molar-refractivity contribution < 1.29 is 22.3 Å². The van der Waals surface area contributed by atoms with Gasteiger partial charge in [-0.3, -0.25) is 4.72 Å². The van der Waals surface area contributed by atoms with E-state index in [-0.39, 0.29) is 5.69 Å². The number of rotatable bonds is 4. The molecule has 0 atom stereocenters. The van der Waals surface area contributed by atoms with Crippen molar-refractivity contribution >= 4 is 15.7 Å². The summed E-state index contributed by atoms with van der Waals surface area (Å²) in [6.45, 7) is -0.562. The van der Waals surface area contributed by atoms with Crippen molar-refractivity contribution in [2.75, 3.05) is 17.1 Å². The van der Waals surface area contributed by atoms with Crippen LogP contribution in [0.25, 0.3) is 0 Å². The van der Waals surface area contributed by atoms with Crippen LogP contribution >= 0.6 is 0 Å². The maximum absolute atomic E-state index is 12.7.